The van der Waals surface area contributed by atoms with Crippen molar-refractivity contribution in [2.45, 2.75) is 13.8 Å². The van der Waals surface area contributed by atoms with Gasteiger partial charge in [-0.25, -0.2) is 4.98 Å². The molecule has 5 heteroatoms. The van der Waals surface area contributed by atoms with E-state index in [2.05, 4.69) is 10.3 Å². The number of rotatable bonds is 3. The van der Waals surface area contributed by atoms with Crippen molar-refractivity contribution >= 4 is 29.0 Å². The summed E-state index contributed by atoms with van der Waals surface area (Å²) < 4.78 is 0. The monoisotopic (exact) mass is 283 g/mol. The maximum Gasteiger partial charge on any atom is 0.266 e. The molecule has 1 aromatic heterocycles. The number of amides is 1. The quantitative estimate of drug-likeness (QED) is 0.694. The fourth-order valence-corrected chi connectivity index (χ4v) is 2.23. The van der Waals surface area contributed by atoms with Gasteiger partial charge >= 0.3 is 0 Å². The fraction of sp³-hybridized carbons (Fsp3) is 0.133. The highest BCUT2D eigenvalue weighted by Gasteiger charge is 2.10. The number of carbonyl (C=O) groups is 1. The van der Waals surface area contributed by atoms with Gasteiger partial charge in [-0.3, -0.25) is 4.79 Å². The number of hydrogen-bond donors (Lipinski definition) is 1. The Morgan fingerprint density at radius 3 is 2.85 bits per heavy atom. The number of carbonyl (C=O) groups excluding carboxylic acids is 1. The van der Waals surface area contributed by atoms with Crippen LogP contribution in [0.3, 0.4) is 0 Å². The van der Waals surface area contributed by atoms with E-state index in [1.54, 1.807) is 6.07 Å². The van der Waals surface area contributed by atoms with Crippen LogP contribution in [0.5, 0.6) is 0 Å². The smallest absolute Gasteiger partial charge is 0.266 e. The SMILES string of the molecule is Cc1cccc(NC(=O)/C(C#N)=C/c2csc(C)n2)c1. The van der Waals surface area contributed by atoms with Crippen molar-refractivity contribution in [2.24, 2.45) is 0 Å². The highest BCUT2D eigenvalue weighted by atomic mass is 32.1. The number of aryl methyl sites for hydroxylation is 2. The molecule has 0 saturated heterocycles. The highest BCUT2D eigenvalue weighted by Crippen LogP contribution is 2.14. The second-order valence-corrected chi connectivity index (χ2v) is 5.35. The molecular weight excluding hydrogens is 270 g/mol. The van der Waals surface area contributed by atoms with Gasteiger partial charge in [-0.15, -0.1) is 11.3 Å². The summed E-state index contributed by atoms with van der Waals surface area (Å²) in [7, 11) is 0. The Bertz CT molecular complexity index is 710. The third-order valence-corrected chi connectivity index (χ3v) is 3.36. The molecule has 20 heavy (non-hydrogen) atoms. The van der Waals surface area contributed by atoms with Crippen LogP contribution in [-0.4, -0.2) is 10.9 Å². The lowest BCUT2D eigenvalue weighted by molar-refractivity contribution is -0.112. The Hall–Kier alpha value is -2.45. The van der Waals surface area contributed by atoms with Gasteiger partial charge < -0.3 is 5.32 Å². The number of nitrogens with one attached hydrogen (secondary N) is 1. The van der Waals surface area contributed by atoms with E-state index < -0.39 is 5.91 Å². The molecule has 1 aromatic carbocycles. The third kappa shape index (κ3) is 3.53. The average Bonchev–Trinajstić information content (AvgIpc) is 2.81. The number of aromatic nitrogens is 1. The molecule has 0 unspecified atom stereocenters. The van der Waals surface area contributed by atoms with E-state index in [4.69, 9.17) is 5.26 Å². The molecule has 0 radical (unpaired) electrons. The molecule has 0 bridgehead atoms. The van der Waals surface area contributed by atoms with Gasteiger partial charge in [-0.2, -0.15) is 5.26 Å². The Morgan fingerprint density at radius 2 is 2.25 bits per heavy atom. The second kappa shape index (κ2) is 6.13. The van der Waals surface area contributed by atoms with Gasteiger partial charge in [-0.05, 0) is 37.6 Å². The standard InChI is InChI=1S/C15H13N3OS/c1-10-4-3-5-13(6-10)18-15(19)12(8-16)7-14-9-20-11(2)17-14/h3-7,9H,1-2H3,(H,18,19)/b12-7+. The van der Waals surface area contributed by atoms with E-state index in [1.165, 1.54) is 17.4 Å². The third-order valence-electron chi connectivity index (χ3n) is 2.57. The van der Waals surface area contributed by atoms with Crippen LogP contribution in [0.15, 0.2) is 35.2 Å². The van der Waals surface area contributed by atoms with Gasteiger partial charge in [0.05, 0.1) is 10.7 Å². The predicted molar refractivity (Wildman–Crippen MR) is 80.2 cm³/mol. The summed E-state index contributed by atoms with van der Waals surface area (Å²) in [6.45, 7) is 3.82. The zero-order valence-corrected chi connectivity index (χ0v) is 12.0. The zero-order valence-electron chi connectivity index (χ0n) is 11.2. The normalized spacial score (nSPS) is 10.9. The van der Waals surface area contributed by atoms with Crippen molar-refractivity contribution in [3.8, 4) is 6.07 Å². The Balaban J connectivity index is 2.18. The first kappa shape index (κ1) is 14.0. The van der Waals surface area contributed by atoms with Crippen LogP contribution in [0.4, 0.5) is 5.69 Å². The summed E-state index contributed by atoms with van der Waals surface area (Å²) in [5, 5.41) is 14.5. The summed E-state index contributed by atoms with van der Waals surface area (Å²) in [4.78, 5) is 16.3. The molecule has 1 heterocycles. The predicted octanol–water partition coefficient (Wildman–Crippen LogP) is 3.31. The zero-order chi connectivity index (χ0) is 14.5. The van der Waals surface area contributed by atoms with Crippen molar-refractivity contribution in [3.63, 3.8) is 0 Å². The van der Waals surface area contributed by atoms with Gasteiger partial charge in [-0.1, -0.05) is 12.1 Å². The number of benzene rings is 1. The minimum Gasteiger partial charge on any atom is -0.321 e. The van der Waals surface area contributed by atoms with Crippen LogP contribution < -0.4 is 5.32 Å². The topological polar surface area (TPSA) is 65.8 Å². The van der Waals surface area contributed by atoms with E-state index in [-0.39, 0.29) is 5.57 Å². The van der Waals surface area contributed by atoms with E-state index in [0.717, 1.165) is 10.6 Å². The van der Waals surface area contributed by atoms with Crippen LogP contribution in [0.25, 0.3) is 6.08 Å². The molecule has 0 fully saturated rings. The summed E-state index contributed by atoms with van der Waals surface area (Å²) in [6, 6.07) is 9.33. The van der Waals surface area contributed by atoms with Crippen LogP contribution in [0, 0.1) is 25.2 Å². The maximum absolute atomic E-state index is 12.0. The highest BCUT2D eigenvalue weighted by molar-refractivity contribution is 7.09. The Morgan fingerprint density at radius 1 is 1.45 bits per heavy atom. The molecular formula is C15H13N3OS. The summed E-state index contributed by atoms with van der Waals surface area (Å²) in [5.41, 5.74) is 2.38. The lowest BCUT2D eigenvalue weighted by atomic mass is 10.2. The van der Waals surface area contributed by atoms with Gasteiger partial charge in [0.1, 0.15) is 11.6 Å². The fourth-order valence-electron chi connectivity index (χ4n) is 1.66. The van der Waals surface area contributed by atoms with E-state index in [0.29, 0.717) is 11.4 Å². The molecule has 0 aliphatic heterocycles. The van der Waals surface area contributed by atoms with Crippen LogP contribution >= 0.6 is 11.3 Å². The molecule has 0 aliphatic rings. The minimum atomic E-state index is -0.427. The van der Waals surface area contributed by atoms with Crippen molar-refractivity contribution in [1.82, 2.24) is 4.98 Å². The molecule has 2 rings (SSSR count). The molecule has 1 N–H and O–H groups in total. The molecule has 0 spiro atoms. The molecule has 4 nitrogen and oxygen atoms in total. The maximum atomic E-state index is 12.0. The van der Waals surface area contributed by atoms with Crippen LogP contribution in [-0.2, 0) is 4.79 Å². The van der Waals surface area contributed by atoms with Gasteiger partial charge in [0.2, 0.25) is 0 Å². The summed E-state index contributed by atoms with van der Waals surface area (Å²) >= 11 is 1.48. The number of nitrogens with zero attached hydrogens (tertiary/aromatic N) is 2. The summed E-state index contributed by atoms with van der Waals surface area (Å²) in [5.74, 6) is -0.427. The molecule has 0 aliphatic carbocycles. The van der Waals surface area contributed by atoms with Crippen LogP contribution in [0.1, 0.15) is 16.3 Å². The van der Waals surface area contributed by atoms with Crippen molar-refractivity contribution in [3.05, 3.63) is 51.5 Å². The molecule has 1 amide bonds. The van der Waals surface area contributed by atoms with E-state index >= 15 is 0 Å². The van der Waals surface area contributed by atoms with E-state index in [9.17, 15) is 4.79 Å². The van der Waals surface area contributed by atoms with Crippen molar-refractivity contribution in [2.75, 3.05) is 5.32 Å². The van der Waals surface area contributed by atoms with Crippen molar-refractivity contribution in [1.29, 1.82) is 5.26 Å². The number of nitriles is 1. The van der Waals surface area contributed by atoms with Crippen LogP contribution in [0.2, 0.25) is 0 Å². The summed E-state index contributed by atoms with van der Waals surface area (Å²) in [6.07, 6.45) is 1.49. The lowest BCUT2D eigenvalue weighted by Crippen LogP contribution is -2.13. The van der Waals surface area contributed by atoms with Gasteiger partial charge in [0, 0.05) is 11.1 Å². The van der Waals surface area contributed by atoms with Gasteiger partial charge in [0.25, 0.3) is 5.91 Å². The first-order valence-electron chi connectivity index (χ1n) is 6.00. The Labute approximate surface area is 121 Å². The lowest BCUT2D eigenvalue weighted by Gasteiger charge is -2.04. The largest absolute Gasteiger partial charge is 0.321 e. The van der Waals surface area contributed by atoms with Crippen molar-refractivity contribution < 1.29 is 4.79 Å². The van der Waals surface area contributed by atoms with E-state index in [1.807, 2.05) is 43.5 Å². The number of anilines is 1. The molecule has 0 saturated carbocycles. The molecule has 0 atom stereocenters. The Kier molecular flexibility index (Phi) is 4.28. The van der Waals surface area contributed by atoms with Gasteiger partial charge in [0.15, 0.2) is 0 Å². The molecule has 2 aromatic rings. The number of thiazole rings is 1. The minimum absolute atomic E-state index is 0.0387. The first-order valence-corrected chi connectivity index (χ1v) is 6.88. The molecule has 100 valence electrons. The second-order valence-electron chi connectivity index (χ2n) is 4.28. The number of hydrogen-bond acceptors (Lipinski definition) is 4. The average molecular weight is 283 g/mol. The first-order chi connectivity index (χ1) is 9.58.